The molecule has 0 aliphatic heterocycles. The summed E-state index contributed by atoms with van der Waals surface area (Å²) in [5.74, 6) is 1.09. The Bertz CT molecular complexity index is 149. The maximum Gasteiger partial charge on any atom is 0.325 e. The molecule has 0 bridgehead atoms. The van der Waals surface area contributed by atoms with Crippen LogP contribution in [0.5, 0.6) is 0 Å². The third kappa shape index (κ3) is 4.87. The number of carbonyl (C=O) groups excluding carboxylic acids is 2. The summed E-state index contributed by atoms with van der Waals surface area (Å²) in [5, 5.41) is 2.40. The molecule has 0 atom stereocenters. The molecule has 0 amide bonds. The lowest BCUT2D eigenvalue weighted by molar-refractivity contribution is -0.141. The summed E-state index contributed by atoms with van der Waals surface area (Å²) in [4.78, 5) is 20.0. The topological polar surface area (TPSA) is 55.4 Å². The van der Waals surface area contributed by atoms with Crippen LogP contribution in [0.4, 0.5) is 0 Å². The molecule has 0 aromatic carbocycles. The van der Waals surface area contributed by atoms with Gasteiger partial charge in [0.2, 0.25) is 0 Å². The van der Waals surface area contributed by atoms with E-state index < -0.39 is 0 Å². The van der Waals surface area contributed by atoms with Crippen LogP contribution in [0.25, 0.3) is 0 Å². The smallest absolute Gasteiger partial charge is 0.325 e. The van der Waals surface area contributed by atoms with Crippen molar-refractivity contribution in [2.45, 2.75) is 6.92 Å². The van der Waals surface area contributed by atoms with Gasteiger partial charge in [0.05, 0.1) is 12.8 Å². The summed E-state index contributed by atoms with van der Waals surface area (Å²) in [7, 11) is 0. The van der Waals surface area contributed by atoms with E-state index in [0.29, 0.717) is 6.61 Å². The van der Waals surface area contributed by atoms with Crippen LogP contribution < -0.4 is 5.32 Å². The molecule has 0 aliphatic carbocycles. The van der Waals surface area contributed by atoms with E-state index in [1.165, 1.54) is 5.94 Å². The highest BCUT2D eigenvalue weighted by molar-refractivity contribution is 5.72. The third-order valence-corrected chi connectivity index (χ3v) is 0.713. The molecule has 0 spiro atoms. The second-order valence-electron chi connectivity index (χ2n) is 1.45. The van der Waals surface area contributed by atoms with E-state index in [1.54, 1.807) is 6.92 Å². The third-order valence-electron chi connectivity index (χ3n) is 0.713. The van der Waals surface area contributed by atoms with Gasteiger partial charge in [-0.05, 0) is 6.92 Å². The minimum atomic E-state index is -0.381. The first-order valence-corrected chi connectivity index (χ1v) is 2.89. The van der Waals surface area contributed by atoms with E-state index in [-0.39, 0.29) is 12.5 Å². The second-order valence-corrected chi connectivity index (χ2v) is 1.45. The predicted octanol–water partition coefficient (Wildman–Crippen LogP) is -0.516. The molecule has 10 heavy (non-hydrogen) atoms. The number of carbonyl (C=O) groups is 1. The molecular weight excluding hydrogens is 134 g/mol. The van der Waals surface area contributed by atoms with Crippen LogP contribution >= 0.6 is 0 Å². The quantitative estimate of drug-likeness (QED) is 0.425. The highest BCUT2D eigenvalue weighted by Crippen LogP contribution is 1.73. The number of ether oxygens (including phenoxy) is 1. The van der Waals surface area contributed by atoms with Crippen molar-refractivity contribution in [1.29, 1.82) is 0 Å². The molecule has 4 nitrogen and oxygen atoms in total. The summed E-state index contributed by atoms with van der Waals surface area (Å²) in [5.41, 5.74) is 0. The summed E-state index contributed by atoms with van der Waals surface area (Å²) < 4.78 is 4.54. The van der Waals surface area contributed by atoms with Gasteiger partial charge < -0.3 is 10.1 Å². The van der Waals surface area contributed by atoms with E-state index >= 15 is 0 Å². The van der Waals surface area contributed by atoms with Crippen molar-refractivity contribution in [1.82, 2.24) is 5.32 Å². The molecule has 0 saturated heterocycles. The fourth-order valence-corrected chi connectivity index (χ4v) is 0.388. The van der Waals surface area contributed by atoms with Gasteiger partial charge in [0, 0.05) is 0 Å². The first kappa shape index (κ1) is 8.72. The van der Waals surface area contributed by atoms with Crippen LogP contribution in [0.2, 0.25) is 0 Å². The zero-order valence-corrected chi connectivity index (χ0v) is 5.72. The summed E-state index contributed by atoms with van der Waals surface area (Å²) in [6.07, 6.45) is 1.02. The highest BCUT2D eigenvalue weighted by Gasteiger charge is 1.96. The standard InChI is InChI=1S/C6H9NO3/c1-2-10-6(9)5-7-3-4-8/h3,7H,2,5H2,1H3. The summed E-state index contributed by atoms with van der Waals surface area (Å²) in [6.45, 7) is 2.09. The van der Waals surface area contributed by atoms with Crippen molar-refractivity contribution in [3.63, 3.8) is 0 Å². The van der Waals surface area contributed by atoms with E-state index in [2.05, 4.69) is 10.1 Å². The largest absolute Gasteiger partial charge is 0.465 e. The lowest BCUT2D eigenvalue weighted by Crippen LogP contribution is -2.20. The Labute approximate surface area is 58.9 Å². The fraction of sp³-hybridized carbons (Fsp3) is 0.500. The Balaban J connectivity index is 3.30. The maximum atomic E-state index is 10.5. The Morgan fingerprint density at radius 3 is 3.00 bits per heavy atom. The van der Waals surface area contributed by atoms with Gasteiger partial charge in [-0.25, -0.2) is 4.79 Å². The Morgan fingerprint density at radius 1 is 1.80 bits per heavy atom. The molecule has 0 fully saturated rings. The van der Waals surface area contributed by atoms with Gasteiger partial charge in [-0.15, -0.1) is 0 Å². The molecule has 4 heteroatoms. The van der Waals surface area contributed by atoms with Crippen LogP contribution in [0.3, 0.4) is 0 Å². The van der Waals surface area contributed by atoms with Gasteiger partial charge in [-0.2, -0.15) is 0 Å². The molecule has 0 heterocycles. The van der Waals surface area contributed by atoms with Crippen molar-refractivity contribution >= 4 is 11.9 Å². The number of rotatable bonds is 4. The van der Waals surface area contributed by atoms with Crippen LogP contribution in [0.15, 0.2) is 6.20 Å². The molecule has 0 radical (unpaired) electrons. The lowest BCUT2D eigenvalue weighted by Gasteiger charge is -1.98. The Morgan fingerprint density at radius 2 is 2.50 bits per heavy atom. The molecule has 1 N–H and O–H groups in total. The summed E-state index contributed by atoms with van der Waals surface area (Å²) >= 11 is 0. The van der Waals surface area contributed by atoms with E-state index in [1.807, 2.05) is 0 Å². The molecule has 0 unspecified atom stereocenters. The lowest BCUT2D eigenvalue weighted by atomic mass is 10.6. The minimum absolute atomic E-state index is 0.0169. The first-order chi connectivity index (χ1) is 4.81. The number of hydrogen-bond donors (Lipinski definition) is 1. The zero-order chi connectivity index (χ0) is 7.82. The van der Waals surface area contributed by atoms with E-state index in [9.17, 15) is 9.59 Å². The van der Waals surface area contributed by atoms with Crippen LogP contribution in [0, 0.1) is 0 Å². The Hall–Kier alpha value is -1.28. The number of nitrogens with one attached hydrogen (secondary N) is 1. The summed E-state index contributed by atoms with van der Waals surface area (Å²) in [6, 6.07) is 0. The Kier molecular flexibility index (Phi) is 5.10. The average Bonchev–Trinajstić information content (AvgIpc) is 1.89. The van der Waals surface area contributed by atoms with Crippen LogP contribution in [-0.2, 0) is 14.3 Å². The molecular formula is C6H9NO3. The normalized spacial score (nSPS) is 7.70. The van der Waals surface area contributed by atoms with Gasteiger partial charge in [0.15, 0.2) is 0 Å². The van der Waals surface area contributed by atoms with Crippen molar-refractivity contribution in [3.05, 3.63) is 6.20 Å². The number of esters is 1. The monoisotopic (exact) mass is 143 g/mol. The predicted molar refractivity (Wildman–Crippen MR) is 34.9 cm³/mol. The van der Waals surface area contributed by atoms with Crippen LogP contribution in [-0.4, -0.2) is 25.1 Å². The highest BCUT2D eigenvalue weighted by atomic mass is 16.5. The maximum absolute atomic E-state index is 10.5. The van der Waals surface area contributed by atoms with Crippen molar-refractivity contribution < 1.29 is 14.3 Å². The SMILES string of the molecule is CCOC(=O)CNC=C=O. The molecule has 0 saturated carbocycles. The molecule has 0 aromatic heterocycles. The van der Waals surface area contributed by atoms with Gasteiger partial charge in [-0.3, -0.25) is 4.79 Å². The second kappa shape index (κ2) is 5.85. The van der Waals surface area contributed by atoms with E-state index in [0.717, 1.165) is 6.20 Å². The van der Waals surface area contributed by atoms with Crippen molar-refractivity contribution in [2.75, 3.05) is 13.2 Å². The first-order valence-electron chi connectivity index (χ1n) is 2.89. The molecule has 0 rings (SSSR count). The zero-order valence-electron chi connectivity index (χ0n) is 5.72. The minimum Gasteiger partial charge on any atom is -0.465 e. The average molecular weight is 143 g/mol. The van der Waals surface area contributed by atoms with Crippen molar-refractivity contribution in [3.8, 4) is 0 Å². The molecule has 0 aliphatic rings. The van der Waals surface area contributed by atoms with Gasteiger partial charge >= 0.3 is 5.97 Å². The van der Waals surface area contributed by atoms with Gasteiger partial charge in [-0.1, -0.05) is 0 Å². The fourth-order valence-electron chi connectivity index (χ4n) is 0.388. The van der Waals surface area contributed by atoms with Gasteiger partial charge in [0.1, 0.15) is 12.5 Å². The van der Waals surface area contributed by atoms with Crippen LogP contribution in [0.1, 0.15) is 6.92 Å². The van der Waals surface area contributed by atoms with E-state index in [4.69, 9.17) is 0 Å². The van der Waals surface area contributed by atoms with Crippen molar-refractivity contribution in [2.24, 2.45) is 0 Å². The molecule has 0 aromatic rings. The number of hydrogen-bond acceptors (Lipinski definition) is 4. The van der Waals surface area contributed by atoms with Gasteiger partial charge in [0.25, 0.3) is 0 Å². The molecule has 56 valence electrons.